The normalized spacial score (nSPS) is 14.1. The van der Waals surface area contributed by atoms with Gasteiger partial charge in [0.05, 0.1) is 0 Å². The molecule has 0 radical (unpaired) electrons. The van der Waals surface area contributed by atoms with Gasteiger partial charge in [-0.2, -0.15) is 4.79 Å². The topological polar surface area (TPSA) is 91.8 Å². The molecule has 0 aromatic heterocycles. The lowest BCUT2D eigenvalue weighted by molar-refractivity contribution is -0.119. The van der Waals surface area contributed by atoms with Gasteiger partial charge in [-0.05, 0) is 26.7 Å². The Morgan fingerprint density at radius 3 is 2.39 bits per heavy atom. The average Bonchev–Trinajstić information content (AvgIpc) is 2.22. The Bertz CT molecular complexity index is 354. The number of amides is 1. The number of rotatable bonds is 5. The molecule has 0 fully saturated rings. The lowest BCUT2D eigenvalue weighted by atomic mass is 9.96. The minimum atomic E-state index is -0.749. The molecule has 0 aliphatic carbocycles. The minimum absolute atomic E-state index is 0.0805. The fourth-order valence-electron chi connectivity index (χ4n) is 1.30. The monoisotopic (exact) mass is 255 g/mol. The zero-order chi connectivity index (χ0) is 14.3. The largest absolute Gasteiger partial charge is 0.444 e. The highest BCUT2D eigenvalue weighted by atomic mass is 16.6. The first-order valence-electron chi connectivity index (χ1n) is 5.92. The van der Waals surface area contributed by atoms with Gasteiger partial charge in [0.1, 0.15) is 11.6 Å². The summed E-state index contributed by atoms with van der Waals surface area (Å²) in [6.07, 6.45) is 0.826. The molecule has 0 bridgehead atoms. The summed E-state index contributed by atoms with van der Waals surface area (Å²) in [5, 5.41) is 2.50. The van der Waals surface area contributed by atoms with Crippen LogP contribution >= 0.6 is 0 Å². The van der Waals surface area contributed by atoms with Gasteiger partial charge in [0, 0.05) is 0 Å². The van der Waals surface area contributed by atoms with Gasteiger partial charge in [-0.15, -0.1) is 0 Å². The van der Waals surface area contributed by atoms with Crippen molar-refractivity contribution in [1.82, 2.24) is 5.32 Å². The number of nitrogens with zero attached hydrogens (tertiary/aromatic N) is 2. The number of alkyl carbamates (subject to hydrolysis) is 1. The van der Waals surface area contributed by atoms with E-state index in [1.807, 2.05) is 13.8 Å². The van der Waals surface area contributed by atoms with E-state index in [1.165, 1.54) is 0 Å². The van der Waals surface area contributed by atoms with Crippen molar-refractivity contribution in [3.8, 4) is 0 Å². The third kappa shape index (κ3) is 6.15. The first kappa shape index (κ1) is 16.3. The molecule has 6 nitrogen and oxygen atoms in total. The lowest BCUT2D eigenvalue weighted by Crippen LogP contribution is -2.47. The van der Waals surface area contributed by atoms with Crippen LogP contribution in [-0.2, 0) is 9.53 Å². The maximum Gasteiger partial charge on any atom is 0.408 e. The van der Waals surface area contributed by atoms with E-state index in [9.17, 15) is 9.59 Å². The number of carbonyl (C=O) groups excluding carboxylic acids is 2. The van der Waals surface area contributed by atoms with Crippen molar-refractivity contribution >= 4 is 18.1 Å². The summed E-state index contributed by atoms with van der Waals surface area (Å²) in [5.74, 6) is -0.541. The van der Waals surface area contributed by atoms with E-state index in [4.69, 9.17) is 10.3 Å². The fourth-order valence-corrected chi connectivity index (χ4v) is 1.30. The molecule has 0 aliphatic rings. The second-order valence-electron chi connectivity index (χ2n) is 5.16. The summed E-state index contributed by atoms with van der Waals surface area (Å²) >= 11 is 0. The smallest absolute Gasteiger partial charge is 0.408 e. The van der Waals surface area contributed by atoms with Crippen LogP contribution in [0, 0.1) is 5.92 Å². The number of ketones is 1. The maximum atomic E-state index is 11.7. The Balaban J connectivity index is 4.75. The Kier molecular flexibility index (Phi) is 6.27. The second-order valence-corrected chi connectivity index (χ2v) is 5.16. The van der Waals surface area contributed by atoms with E-state index >= 15 is 0 Å². The van der Waals surface area contributed by atoms with Crippen LogP contribution in [0.5, 0.6) is 0 Å². The van der Waals surface area contributed by atoms with Crippen LogP contribution in [0.2, 0.25) is 0 Å². The van der Waals surface area contributed by atoms with E-state index in [2.05, 4.69) is 10.1 Å². The summed E-state index contributed by atoms with van der Waals surface area (Å²) in [5.41, 5.74) is 7.74. The summed E-state index contributed by atoms with van der Waals surface area (Å²) in [6, 6.07) is -0.749. The van der Waals surface area contributed by atoms with Crippen molar-refractivity contribution < 1.29 is 19.1 Å². The van der Waals surface area contributed by atoms with Gasteiger partial charge in [-0.3, -0.25) is 4.79 Å². The van der Waals surface area contributed by atoms with E-state index in [1.54, 1.807) is 20.8 Å². The minimum Gasteiger partial charge on any atom is -0.444 e. The zero-order valence-electron chi connectivity index (χ0n) is 11.6. The molecule has 0 unspecified atom stereocenters. The molecule has 2 atom stereocenters. The predicted molar refractivity (Wildman–Crippen MR) is 67.3 cm³/mol. The molecule has 102 valence electrons. The number of hydrogen-bond acceptors (Lipinski definition) is 3. The van der Waals surface area contributed by atoms with E-state index in [-0.39, 0.29) is 5.92 Å². The third-order valence-corrected chi connectivity index (χ3v) is 2.38. The highest BCUT2D eigenvalue weighted by molar-refractivity contribution is 6.28. The Morgan fingerprint density at radius 2 is 2.00 bits per heavy atom. The molecule has 6 heteroatoms. The van der Waals surface area contributed by atoms with Gasteiger partial charge in [0.25, 0.3) is 5.78 Å². The molecular formula is C12H21N3O3. The Morgan fingerprint density at radius 1 is 1.44 bits per heavy atom. The zero-order valence-corrected chi connectivity index (χ0v) is 11.6. The number of ether oxygens (including phenoxy) is 1. The molecule has 0 saturated carbocycles. The highest BCUT2D eigenvalue weighted by Crippen LogP contribution is 2.11. The fraction of sp³-hybridized carbons (Fsp3) is 0.750. The number of carbonyl (C=O) groups is 2. The van der Waals surface area contributed by atoms with Gasteiger partial charge in [0.15, 0.2) is 0 Å². The number of nitrogens with one attached hydrogen (secondary N) is 1. The molecule has 18 heavy (non-hydrogen) atoms. The predicted octanol–water partition coefficient (Wildman–Crippen LogP) is 1.80. The molecule has 1 amide bonds. The van der Waals surface area contributed by atoms with Crippen LogP contribution in [0.25, 0.3) is 5.53 Å². The quantitative estimate of drug-likeness (QED) is 0.461. The molecule has 0 aromatic carbocycles. The van der Waals surface area contributed by atoms with E-state index < -0.39 is 23.5 Å². The molecule has 1 N–H and O–H groups in total. The standard InChI is InChI=1S/C12H21N3O3/c1-6-8(2)10(9(16)7-14-13)15-11(17)18-12(3,4)5/h7-8,10H,6H2,1-5H3,(H,15,17)/t8-,10-/m0/s1. The van der Waals surface area contributed by atoms with Gasteiger partial charge in [0.2, 0.25) is 0 Å². The van der Waals surface area contributed by atoms with Gasteiger partial charge >= 0.3 is 12.3 Å². The van der Waals surface area contributed by atoms with Crippen molar-refractivity contribution in [3.05, 3.63) is 5.53 Å². The lowest BCUT2D eigenvalue weighted by Gasteiger charge is -2.24. The highest BCUT2D eigenvalue weighted by Gasteiger charge is 2.29. The van der Waals surface area contributed by atoms with Crippen molar-refractivity contribution in [2.45, 2.75) is 52.7 Å². The van der Waals surface area contributed by atoms with E-state index in [0.717, 1.165) is 6.21 Å². The molecule has 0 saturated heterocycles. The average molecular weight is 255 g/mol. The molecule has 0 rings (SSSR count). The van der Waals surface area contributed by atoms with Crippen LogP contribution in [0.3, 0.4) is 0 Å². The SMILES string of the molecule is CC[C@H](C)[C@H](NC(=O)OC(C)(C)C)C(=O)C=[N+]=[N-]. The van der Waals surface area contributed by atoms with Crippen LogP contribution in [0.4, 0.5) is 4.79 Å². The van der Waals surface area contributed by atoms with Crippen molar-refractivity contribution in [2.24, 2.45) is 5.92 Å². The van der Waals surface area contributed by atoms with Crippen LogP contribution in [-0.4, -0.2) is 34.5 Å². The van der Waals surface area contributed by atoms with Crippen molar-refractivity contribution in [2.75, 3.05) is 0 Å². The number of Topliss-reactive ketones (excluding diaryl/α,β-unsaturated/α-hetero) is 1. The maximum absolute atomic E-state index is 11.7. The van der Waals surface area contributed by atoms with Crippen LogP contribution < -0.4 is 5.32 Å². The summed E-state index contributed by atoms with van der Waals surface area (Å²) < 4.78 is 5.08. The molecule has 0 heterocycles. The van der Waals surface area contributed by atoms with E-state index in [0.29, 0.717) is 6.42 Å². The summed E-state index contributed by atoms with van der Waals surface area (Å²) in [7, 11) is 0. The van der Waals surface area contributed by atoms with Gasteiger partial charge in [-0.25, -0.2) is 4.79 Å². The van der Waals surface area contributed by atoms with Gasteiger partial charge < -0.3 is 15.6 Å². The third-order valence-electron chi connectivity index (χ3n) is 2.38. The molecule has 0 aromatic rings. The summed E-state index contributed by atoms with van der Waals surface area (Å²) in [4.78, 5) is 26.0. The molecular weight excluding hydrogens is 234 g/mol. The first-order chi connectivity index (χ1) is 8.21. The Hall–Kier alpha value is -1.68. The first-order valence-corrected chi connectivity index (χ1v) is 5.92. The molecule has 0 spiro atoms. The second kappa shape index (κ2) is 6.91. The van der Waals surface area contributed by atoms with Crippen molar-refractivity contribution in [1.29, 1.82) is 0 Å². The molecule has 0 aliphatic heterocycles. The van der Waals surface area contributed by atoms with Crippen molar-refractivity contribution in [3.63, 3.8) is 0 Å². The summed E-state index contributed by atoms with van der Waals surface area (Å²) in [6.45, 7) is 8.94. The Labute approximate surface area is 107 Å². The van der Waals surface area contributed by atoms with Crippen LogP contribution in [0.1, 0.15) is 41.0 Å². The van der Waals surface area contributed by atoms with Crippen LogP contribution in [0.15, 0.2) is 0 Å². The van der Waals surface area contributed by atoms with Gasteiger partial charge in [-0.1, -0.05) is 20.3 Å². The number of hydrogen-bond donors (Lipinski definition) is 1.